The highest BCUT2D eigenvalue weighted by Crippen LogP contribution is 2.18. The number of carbonyl (C=O) groups is 1. The minimum atomic E-state index is 0.0276. The second-order valence-electron chi connectivity index (χ2n) is 10.7. The van der Waals surface area contributed by atoms with Gasteiger partial charge in [-0.2, -0.15) is 12.6 Å². The fourth-order valence-electron chi connectivity index (χ4n) is 4.46. The summed E-state index contributed by atoms with van der Waals surface area (Å²) in [5.41, 5.74) is 7.70. The minimum Gasteiger partial charge on any atom is -0.333 e. The van der Waals surface area contributed by atoms with Crippen molar-refractivity contribution >= 4 is 24.3 Å². The fourth-order valence-corrected chi connectivity index (χ4v) is 4.64. The van der Waals surface area contributed by atoms with Gasteiger partial charge in [0, 0.05) is 42.5 Å². The van der Waals surface area contributed by atoms with Crippen LogP contribution in [-0.2, 0) is 5.75 Å². The molecule has 6 nitrogen and oxygen atoms in total. The molecule has 234 valence electrons. The number of nitrogens with zero attached hydrogens (tertiary/aromatic N) is 2. The number of hydrogen-bond acceptors (Lipinski definition) is 5. The Morgan fingerprint density at radius 3 is 1.93 bits per heavy atom. The molecule has 1 saturated heterocycles. The van der Waals surface area contributed by atoms with Gasteiger partial charge >= 0.3 is 6.03 Å². The Labute approximate surface area is 258 Å². The van der Waals surface area contributed by atoms with Crippen molar-refractivity contribution in [3.05, 3.63) is 59.9 Å². The standard InChI is InChI=1S/C14H20N2O.C7H15N.C6H7NS.C6H14.CH5N/c1-11(2)12-5-7-13(8-6-12)15-14(17)16-9-3-4-10-16;1-8-7-5-3-2-4-6-7;8-5-6-3-1-2-4-7-6;1-3-5-6-4-2;1-2/h5-8,11H,3-4,9-10H2,1-2H3,(H,15,17);7-8H,2-6H2,1H3;1-4,8H,5H2;3-6H2,1-2H3;2H2,1H3. The first-order valence-electron chi connectivity index (χ1n) is 15.9. The Kier molecular flexibility index (Phi) is 25.4. The lowest BCUT2D eigenvalue weighted by atomic mass is 9.96. The van der Waals surface area contributed by atoms with Crippen molar-refractivity contribution in [2.24, 2.45) is 5.73 Å². The molecular weight excluding hydrogens is 526 g/mol. The SMILES string of the molecule is CC(C)c1ccc(NC(=O)N2CCCC2)cc1.CCCCCC.CN.CNC1CCCCC1.SCc1ccccn1. The van der Waals surface area contributed by atoms with Crippen molar-refractivity contribution in [2.45, 2.75) is 116 Å². The molecule has 4 N–H and O–H groups in total. The lowest BCUT2D eigenvalue weighted by Gasteiger charge is -2.20. The van der Waals surface area contributed by atoms with Crippen LogP contribution in [-0.4, -0.2) is 49.1 Å². The third kappa shape index (κ3) is 19.6. The van der Waals surface area contributed by atoms with Gasteiger partial charge in [0.1, 0.15) is 0 Å². The minimum absolute atomic E-state index is 0.0276. The summed E-state index contributed by atoms with van der Waals surface area (Å²) in [6.07, 6.45) is 16.7. The highest BCUT2D eigenvalue weighted by Gasteiger charge is 2.17. The lowest BCUT2D eigenvalue weighted by molar-refractivity contribution is 0.222. The van der Waals surface area contributed by atoms with E-state index >= 15 is 0 Å². The average molecular weight is 588 g/mol. The van der Waals surface area contributed by atoms with E-state index in [0.29, 0.717) is 5.92 Å². The van der Waals surface area contributed by atoms with Gasteiger partial charge in [0.2, 0.25) is 0 Å². The molecule has 7 heteroatoms. The van der Waals surface area contributed by atoms with E-state index in [-0.39, 0.29) is 6.03 Å². The first kappa shape index (κ1) is 38.9. The van der Waals surface area contributed by atoms with Crippen LogP contribution in [0.4, 0.5) is 10.5 Å². The smallest absolute Gasteiger partial charge is 0.321 e. The average Bonchev–Trinajstić information content (AvgIpc) is 3.59. The van der Waals surface area contributed by atoms with Gasteiger partial charge < -0.3 is 21.3 Å². The molecule has 1 saturated carbocycles. The molecule has 0 radical (unpaired) electrons. The van der Waals surface area contributed by atoms with Crippen LogP contribution in [0.1, 0.15) is 115 Å². The van der Waals surface area contributed by atoms with Crippen LogP contribution in [0, 0.1) is 0 Å². The predicted octanol–water partition coefficient (Wildman–Crippen LogP) is 8.65. The van der Waals surface area contributed by atoms with E-state index in [1.807, 2.05) is 35.2 Å². The van der Waals surface area contributed by atoms with Gasteiger partial charge in [0.25, 0.3) is 0 Å². The number of carbonyl (C=O) groups excluding carboxylic acids is 1. The number of urea groups is 1. The maximum Gasteiger partial charge on any atom is 0.321 e. The van der Waals surface area contributed by atoms with Crippen LogP contribution in [0.25, 0.3) is 0 Å². The van der Waals surface area contributed by atoms with Gasteiger partial charge in [-0.15, -0.1) is 0 Å². The molecule has 41 heavy (non-hydrogen) atoms. The third-order valence-corrected chi connectivity index (χ3v) is 7.40. The van der Waals surface area contributed by atoms with Crippen molar-refractivity contribution in [3.63, 3.8) is 0 Å². The summed E-state index contributed by atoms with van der Waals surface area (Å²) in [5.74, 6) is 1.25. The first-order chi connectivity index (χ1) is 19.9. The molecule has 1 aliphatic heterocycles. The van der Waals surface area contributed by atoms with Crippen LogP contribution in [0.3, 0.4) is 0 Å². The second kappa shape index (κ2) is 26.8. The van der Waals surface area contributed by atoms with Crippen LogP contribution >= 0.6 is 12.6 Å². The Hall–Kier alpha value is -2.09. The zero-order chi connectivity index (χ0) is 30.7. The van der Waals surface area contributed by atoms with Crippen molar-refractivity contribution in [3.8, 4) is 0 Å². The number of likely N-dealkylation sites (tertiary alicyclic amines) is 1. The number of thiol groups is 1. The molecule has 0 spiro atoms. The van der Waals surface area contributed by atoms with Gasteiger partial charge in [0.15, 0.2) is 0 Å². The Bertz CT molecular complexity index is 832. The van der Waals surface area contributed by atoms with Crippen molar-refractivity contribution in [2.75, 3.05) is 32.5 Å². The van der Waals surface area contributed by atoms with Crippen molar-refractivity contribution in [1.29, 1.82) is 0 Å². The molecular formula is C34H61N5OS. The number of anilines is 1. The van der Waals surface area contributed by atoms with E-state index in [0.717, 1.165) is 49.1 Å². The number of nitrogens with two attached hydrogens (primary N) is 1. The molecule has 0 bridgehead atoms. The number of hydrogen-bond donors (Lipinski definition) is 4. The number of aromatic nitrogens is 1. The number of amides is 2. The molecule has 2 fully saturated rings. The monoisotopic (exact) mass is 587 g/mol. The van der Waals surface area contributed by atoms with Crippen LogP contribution in [0.15, 0.2) is 48.7 Å². The van der Waals surface area contributed by atoms with Gasteiger partial charge in [-0.05, 0) is 75.5 Å². The third-order valence-electron chi connectivity index (χ3n) is 7.08. The molecule has 2 amide bonds. The van der Waals surface area contributed by atoms with Crippen LogP contribution in [0.2, 0.25) is 0 Å². The van der Waals surface area contributed by atoms with Gasteiger partial charge in [-0.25, -0.2) is 4.79 Å². The van der Waals surface area contributed by atoms with Crippen molar-refractivity contribution < 1.29 is 4.79 Å². The number of nitrogens with one attached hydrogen (secondary N) is 2. The number of unbranched alkanes of at least 4 members (excludes halogenated alkanes) is 3. The van der Waals surface area contributed by atoms with Crippen molar-refractivity contribution in [1.82, 2.24) is 15.2 Å². The molecule has 2 heterocycles. The zero-order valence-corrected chi connectivity index (χ0v) is 27.9. The highest BCUT2D eigenvalue weighted by molar-refractivity contribution is 7.79. The molecule has 0 atom stereocenters. The summed E-state index contributed by atoms with van der Waals surface area (Å²) in [7, 11) is 3.57. The van der Waals surface area contributed by atoms with Gasteiger partial charge in [-0.1, -0.05) is 90.8 Å². The normalized spacial score (nSPS) is 14.2. The molecule has 1 aliphatic carbocycles. The summed E-state index contributed by atoms with van der Waals surface area (Å²) in [5, 5.41) is 6.24. The van der Waals surface area contributed by atoms with Gasteiger partial charge in [0.05, 0.1) is 0 Å². The van der Waals surface area contributed by atoms with E-state index in [1.165, 1.54) is 70.4 Å². The summed E-state index contributed by atoms with van der Waals surface area (Å²) < 4.78 is 0. The lowest BCUT2D eigenvalue weighted by Crippen LogP contribution is -2.32. The number of rotatable bonds is 7. The molecule has 2 aromatic rings. The molecule has 0 unspecified atom stereocenters. The van der Waals surface area contributed by atoms with E-state index in [4.69, 9.17) is 0 Å². The molecule has 1 aromatic carbocycles. The Balaban J connectivity index is 0.000000561. The van der Waals surface area contributed by atoms with Crippen LogP contribution < -0.4 is 16.4 Å². The maximum atomic E-state index is 11.8. The number of pyridine rings is 1. The predicted molar refractivity (Wildman–Crippen MR) is 183 cm³/mol. The quantitative estimate of drug-likeness (QED) is 0.193. The topological polar surface area (TPSA) is 83.3 Å². The maximum absolute atomic E-state index is 11.8. The van der Waals surface area contributed by atoms with Crippen LogP contribution in [0.5, 0.6) is 0 Å². The summed E-state index contributed by atoms with van der Waals surface area (Å²) in [4.78, 5) is 17.7. The molecule has 2 aliphatic rings. The molecule has 1 aromatic heterocycles. The highest BCUT2D eigenvalue weighted by atomic mass is 32.1. The fraction of sp³-hybridized carbons (Fsp3) is 0.647. The van der Waals surface area contributed by atoms with E-state index in [9.17, 15) is 4.79 Å². The van der Waals surface area contributed by atoms with E-state index in [2.05, 4.69) is 80.9 Å². The van der Waals surface area contributed by atoms with Gasteiger partial charge in [-0.3, -0.25) is 4.98 Å². The summed E-state index contributed by atoms with van der Waals surface area (Å²) >= 11 is 4.05. The molecule has 4 rings (SSSR count). The van der Waals surface area contributed by atoms with E-state index in [1.54, 1.807) is 6.20 Å². The summed E-state index contributed by atoms with van der Waals surface area (Å²) in [6.45, 7) is 10.6. The largest absolute Gasteiger partial charge is 0.333 e. The Morgan fingerprint density at radius 2 is 1.54 bits per heavy atom. The second-order valence-corrected chi connectivity index (χ2v) is 11.0. The van der Waals surface area contributed by atoms with E-state index < -0.39 is 0 Å². The first-order valence-corrected chi connectivity index (χ1v) is 16.5. The zero-order valence-electron chi connectivity index (χ0n) is 27.0. The summed E-state index contributed by atoms with van der Waals surface area (Å²) in [6, 6.07) is 14.8. The Morgan fingerprint density at radius 1 is 0.951 bits per heavy atom. The number of benzene rings is 1.